The average molecular weight is 450 g/mol. The Kier molecular flexibility index (Phi) is 6.49. The second-order valence-electron chi connectivity index (χ2n) is 6.67. The van der Waals surface area contributed by atoms with Gasteiger partial charge >= 0.3 is 18.2 Å². The van der Waals surface area contributed by atoms with Gasteiger partial charge in [-0.05, 0) is 47.9 Å². The maximum absolute atomic E-state index is 13.5. The van der Waals surface area contributed by atoms with Crippen LogP contribution in [0, 0.1) is 0 Å². The van der Waals surface area contributed by atoms with E-state index < -0.39 is 35.8 Å². The van der Waals surface area contributed by atoms with Crippen LogP contribution in [0.25, 0.3) is 6.08 Å². The summed E-state index contributed by atoms with van der Waals surface area (Å²) in [4.78, 5) is 34.0. The predicted octanol–water partition coefficient (Wildman–Crippen LogP) is 3.15. The second-order valence-corrected chi connectivity index (χ2v) is 6.67. The summed E-state index contributed by atoms with van der Waals surface area (Å²) in [5, 5.41) is 1.96. The molecule has 0 bridgehead atoms. The van der Waals surface area contributed by atoms with Crippen LogP contribution in [0.5, 0.6) is 11.5 Å². The molecule has 3 N–H and O–H groups in total. The van der Waals surface area contributed by atoms with E-state index in [1.165, 1.54) is 42.5 Å². The Morgan fingerprint density at radius 1 is 1.16 bits per heavy atom. The number of ether oxygens (including phenoxy) is 3. The molecule has 2 aromatic rings. The van der Waals surface area contributed by atoms with E-state index in [9.17, 15) is 27.6 Å². The van der Waals surface area contributed by atoms with Gasteiger partial charge in [0, 0.05) is 0 Å². The maximum atomic E-state index is 13.5. The first-order valence-corrected chi connectivity index (χ1v) is 9.13. The molecule has 11 heteroatoms. The van der Waals surface area contributed by atoms with Gasteiger partial charge in [0.25, 0.3) is 5.91 Å². The van der Waals surface area contributed by atoms with Crippen molar-refractivity contribution in [2.24, 2.45) is 5.73 Å². The second kappa shape index (κ2) is 9.10. The number of nitrogens with one attached hydrogen (secondary N) is 1. The number of hydrogen-bond acceptors (Lipinski definition) is 7. The third kappa shape index (κ3) is 5.43. The van der Waals surface area contributed by atoms with Gasteiger partial charge in [0.15, 0.2) is 5.76 Å². The molecular weight excluding hydrogens is 433 g/mol. The van der Waals surface area contributed by atoms with Gasteiger partial charge in [-0.3, -0.25) is 14.9 Å². The fourth-order valence-corrected chi connectivity index (χ4v) is 2.87. The number of esters is 1. The summed E-state index contributed by atoms with van der Waals surface area (Å²) < 4.78 is 55.2. The molecule has 2 aromatic carbocycles. The van der Waals surface area contributed by atoms with Crippen LogP contribution in [-0.2, 0) is 31.7 Å². The Hall–Kier alpha value is -3.86. The first-order valence-electron chi connectivity index (χ1n) is 9.13. The number of cyclic esters (lactones) is 1. The van der Waals surface area contributed by atoms with Crippen molar-refractivity contribution in [3.05, 3.63) is 64.9 Å². The van der Waals surface area contributed by atoms with Crippen LogP contribution in [0.1, 0.15) is 16.7 Å². The minimum absolute atomic E-state index is 0.0806. The van der Waals surface area contributed by atoms with Crippen molar-refractivity contribution in [3.8, 4) is 11.5 Å². The quantitative estimate of drug-likeness (QED) is 0.513. The monoisotopic (exact) mass is 450 g/mol. The molecule has 1 aliphatic heterocycles. The molecule has 168 valence electrons. The van der Waals surface area contributed by atoms with Gasteiger partial charge in [-0.15, -0.1) is 0 Å². The van der Waals surface area contributed by atoms with Crippen LogP contribution in [0.4, 0.5) is 18.0 Å². The highest BCUT2D eigenvalue weighted by Crippen LogP contribution is 2.36. The molecule has 0 saturated carbocycles. The van der Waals surface area contributed by atoms with Crippen molar-refractivity contribution in [1.82, 2.24) is 5.32 Å². The number of carbonyl (C=O) groups excluding carboxylic acids is 3. The summed E-state index contributed by atoms with van der Waals surface area (Å²) in [7, 11) is 1.10. The van der Waals surface area contributed by atoms with E-state index in [-0.39, 0.29) is 29.2 Å². The lowest BCUT2D eigenvalue weighted by molar-refractivity contribution is -0.143. The van der Waals surface area contributed by atoms with Crippen LogP contribution >= 0.6 is 0 Å². The molecule has 8 nitrogen and oxygen atoms in total. The third-order valence-corrected chi connectivity index (χ3v) is 4.39. The van der Waals surface area contributed by atoms with Crippen LogP contribution in [-0.4, -0.2) is 31.1 Å². The highest BCUT2D eigenvalue weighted by molar-refractivity contribution is 6.09. The van der Waals surface area contributed by atoms with Crippen molar-refractivity contribution >= 4 is 24.0 Å². The number of carbonyl (C=O) groups is 3. The van der Waals surface area contributed by atoms with Crippen molar-refractivity contribution < 1.29 is 41.8 Å². The predicted molar refractivity (Wildman–Crippen MR) is 104 cm³/mol. The van der Waals surface area contributed by atoms with Crippen LogP contribution in [0.15, 0.2) is 48.2 Å². The standard InChI is InChI=1S/C21H17F3N2O6/c1-30-19(28)16(25)9-12-4-7-14(10-15(12)21(22,23)24)31-13-5-2-11(3-6-13)8-17-18(27)26-20(29)32-17/h2-8,10,16H,9,25H2,1H3,(H,26,27,29). The fourth-order valence-electron chi connectivity index (χ4n) is 2.87. The van der Waals surface area contributed by atoms with Crippen molar-refractivity contribution in [3.63, 3.8) is 0 Å². The Balaban J connectivity index is 1.78. The van der Waals surface area contributed by atoms with Crippen LogP contribution in [0.3, 0.4) is 0 Å². The Bertz CT molecular complexity index is 1080. The SMILES string of the molecule is COC(=O)C(N)Cc1ccc(Oc2ccc(C=C3OC(=O)NC3=O)cc2)cc1C(F)(F)F. The van der Waals surface area contributed by atoms with Crippen molar-refractivity contribution in [2.45, 2.75) is 18.6 Å². The van der Waals surface area contributed by atoms with Crippen molar-refractivity contribution in [1.29, 1.82) is 0 Å². The molecule has 0 spiro atoms. The van der Waals surface area contributed by atoms with Gasteiger partial charge in [0.05, 0.1) is 12.7 Å². The van der Waals surface area contributed by atoms with Gasteiger partial charge in [0.1, 0.15) is 17.5 Å². The molecule has 0 aliphatic carbocycles. The molecule has 1 atom stereocenters. The first-order chi connectivity index (χ1) is 15.1. The Morgan fingerprint density at radius 2 is 1.81 bits per heavy atom. The number of amides is 2. The first kappa shape index (κ1) is 22.8. The normalized spacial score (nSPS) is 15.8. The highest BCUT2D eigenvalue weighted by Gasteiger charge is 2.35. The molecule has 1 heterocycles. The van der Waals surface area contributed by atoms with Crippen molar-refractivity contribution in [2.75, 3.05) is 7.11 Å². The third-order valence-electron chi connectivity index (χ3n) is 4.39. The molecule has 0 aromatic heterocycles. The van der Waals surface area contributed by atoms with Crippen LogP contribution in [0.2, 0.25) is 0 Å². The Labute approximate surface area is 179 Å². The lowest BCUT2D eigenvalue weighted by atomic mass is 9.99. The van der Waals surface area contributed by atoms with Gasteiger partial charge in [0.2, 0.25) is 0 Å². The summed E-state index contributed by atoms with van der Waals surface area (Å²) in [5.41, 5.74) is 4.94. The number of rotatable bonds is 6. The number of alkyl halides is 3. The van der Waals surface area contributed by atoms with Gasteiger partial charge in [-0.1, -0.05) is 18.2 Å². The highest BCUT2D eigenvalue weighted by atomic mass is 19.4. The molecule has 2 amide bonds. The van der Waals surface area contributed by atoms with Crippen LogP contribution < -0.4 is 15.8 Å². The number of nitrogens with two attached hydrogens (primary N) is 1. The summed E-state index contributed by atoms with van der Waals surface area (Å²) >= 11 is 0. The smallest absolute Gasteiger partial charge is 0.419 e. The average Bonchev–Trinajstić information content (AvgIpc) is 3.05. The summed E-state index contributed by atoms with van der Waals surface area (Å²) in [6.45, 7) is 0. The lowest BCUT2D eigenvalue weighted by Gasteiger charge is -2.17. The minimum atomic E-state index is -4.69. The number of methoxy groups -OCH3 is 1. The summed E-state index contributed by atoms with van der Waals surface area (Å²) in [6.07, 6.45) is -4.61. The van der Waals surface area contributed by atoms with Gasteiger partial charge < -0.3 is 19.9 Å². The number of alkyl carbamates (subject to hydrolysis) is 1. The van der Waals surface area contributed by atoms with E-state index >= 15 is 0 Å². The van der Waals surface area contributed by atoms with Gasteiger partial charge in [-0.25, -0.2) is 4.79 Å². The zero-order valence-corrected chi connectivity index (χ0v) is 16.6. The molecule has 32 heavy (non-hydrogen) atoms. The number of hydrogen-bond donors (Lipinski definition) is 2. The minimum Gasteiger partial charge on any atom is -0.468 e. The number of halogens is 3. The van der Waals surface area contributed by atoms with E-state index in [1.807, 2.05) is 5.32 Å². The maximum Gasteiger partial charge on any atom is 0.419 e. The molecule has 3 rings (SSSR count). The molecular formula is C21H17F3N2O6. The summed E-state index contributed by atoms with van der Waals surface area (Å²) in [6, 6.07) is 8.07. The van der Waals surface area contributed by atoms with E-state index in [0.717, 1.165) is 13.2 Å². The molecule has 1 saturated heterocycles. The zero-order valence-electron chi connectivity index (χ0n) is 16.6. The largest absolute Gasteiger partial charge is 0.468 e. The zero-order chi connectivity index (χ0) is 23.5. The Morgan fingerprint density at radius 3 is 2.38 bits per heavy atom. The van der Waals surface area contributed by atoms with E-state index in [4.69, 9.17) is 15.2 Å². The molecule has 0 radical (unpaired) electrons. The van der Waals surface area contributed by atoms with E-state index in [2.05, 4.69) is 4.74 Å². The van der Waals surface area contributed by atoms with E-state index in [1.54, 1.807) is 0 Å². The lowest BCUT2D eigenvalue weighted by Crippen LogP contribution is -2.34. The molecule has 1 fully saturated rings. The summed E-state index contributed by atoms with van der Waals surface area (Å²) in [5.74, 6) is -1.53. The fraction of sp³-hybridized carbons (Fsp3) is 0.190. The topological polar surface area (TPSA) is 117 Å². The van der Waals surface area contributed by atoms with E-state index in [0.29, 0.717) is 5.56 Å². The number of imide groups is 1. The number of benzene rings is 2. The molecule has 1 unspecified atom stereocenters. The molecule has 1 aliphatic rings. The van der Waals surface area contributed by atoms with Gasteiger partial charge in [-0.2, -0.15) is 13.2 Å².